The van der Waals surface area contributed by atoms with Gasteiger partial charge in [-0.15, -0.1) is 0 Å². The zero-order valence-corrected chi connectivity index (χ0v) is 8.53. The molecule has 1 aromatic heterocycles. The number of hydrogen-bond acceptors (Lipinski definition) is 5. The van der Waals surface area contributed by atoms with E-state index in [4.69, 9.17) is 5.73 Å². The third kappa shape index (κ3) is 2.64. The Bertz CT molecular complexity index is 378. The third-order valence-corrected chi connectivity index (χ3v) is 3.38. The number of nitrogens with zero attached hydrogens (tertiary/aromatic N) is 2. The molecule has 1 unspecified atom stereocenters. The smallest absolute Gasteiger partial charge is 0.238 e. The summed E-state index contributed by atoms with van der Waals surface area (Å²) in [7, 11) is -3.46. The van der Waals surface area contributed by atoms with Crippen molar-refractivity contribution in [2.24, 2.45) is 5.73 Å². The molecule has 0 saturated carbocycles. The quantitative estimate of drug-likeness (QED) is 0.711. The van der Waals surface area contributed by atoms with E-state index in [0.29, 0.717) is 0 Å². The fraction of sp³-hybridized carbons (Fsp3) is 0.429. The summed E-state index contributed by atoms with van der Waals surface area (Å²) in [6.45, 7) is 1.58. The number of aromatic nitrogens is 2. The van der Waals surface area contributed by atoms with Crippen molar-refractivity contribution in [3.8, 4) is 0 Å². The van der Waals surface area contributed by atoms with Crippen LogP contribution in [0.3, 0.4) is 0 Å². The first-order chi connectivity index (χ1) is 6.56. The molecule has 0 fully saturated rings. The van der Waals surface area contributed by atoms with Crippen LogP contribution < -0.4 is 10.5 Å². The van der Waals surface area contributed by atoms with Crippen molar-refractivity contribution >= 4 is 16.0 Å². The predicted molar refractivity (Wildman–Crippen MR) is 53.1 cm³/mol. The molecule has 0 saturated heterocycles. The molecule has 1 rings (SSSR count). The summed E-state index contributed by atoms with van der Waals surface area (Å²) in [5.41, 5.74) is 5.25. The number of anilines is 1. The van der Waals surface area contributed by atoms with Gasteiger partial charge in [0, 0.05) is 18.9 Å². The van der Waals surface area contributed by atoms with Gasteiger partial charge in [-0.25, -0.2) is 18.4 Å². The van der Waals surface area contributed by atoms with Crippen LogP contribution in [0.5, 0.6) is 0 Å². The average molecular weight is 216 g/mol. The zero-order chi connectivity index (χ0) is 10.6. The lowest BCUT2D eigenvalue weighted by atomic mass is 10.5. The Balaban J connectivity index is 2.79. The van der Waals surface area contributed by atoms with Gasteiger partial charge >= 0.3 is 0 Å². The number of nitrogens with one attached hydrogen (secondary N) is 1. The van der Waals surface area contributed by atoms with E-state index in [1.807, 2.05) is 0 Å². The van der Waals surface area contributed by atoms with Crippen LogP contribution in [0.15, 0.2) is 18.5 Å². The highest BCUT2D eigenvalue weighted by Gasteiger charge is 2.19. The first-order valence-electron chi connectivity index (χ1n) is 4.05. The van der Waals surface area contributed by atoms with Gasteiger partial charge < -0.3 is 5.73 Å². The first kappa shape index (κ1) is 10.9. The molecular weight excluding hydrogens is 204 g/mol. The van der Waals surface area contributed by atoms with Crippen LogP contribution >= 0.6 is 0 Å². The lowest BCUT2D eigenvalue weighted by molar-refractivity contribution is 0.589. The van der Waals surface area contributed by atoms with Gasteiger partial charge in [-0.3, -0.25) is 4.72 Å². The number of hydrogen-bond donors (Lipinski definition) is 2. The molecule has 0 aliphatic rings. The van der Waals surface area contributed by atoms with Crippen molar-refractivity contribution in [1.82, 2.24) is 9.97 Å². The van der Waals surface area contributed by atoms with Crippen LogP contribution in [0.1, 0.15) is 6.92 Å². The molecule has 0 spiro atoms. The van der Waals surface area contributed by atoms with Crippen molar-refractivity contribution in [3.05, 3.63) is 18.5 Å². The normalized spacial score (nSPS) is 13.6. The molecule has 6 nitrogen and oxygen atoms in total. The van der Waals surface area contributed by atoms with Gasteiger partial charge in [-0.05, 0) is 13.0 Å². The Morgan fingerprint density at radius 1 is 1.50 bits per heavy atom. The van der Waals surface area contributed by atoms with Crippen molar-refractivity contribution in [3.63, 3.8) is 0 Å². The average Bonchev–Trinajstić information content (AvgIpc) is 2.17. The standard InChI is InChI=1S/C7H12N4O2S/c1-6(5-8)14(12,13)11-7-9-3-2-4-10-7/h2-4,6H,5,8H2,1H3,(H,9,10,11). The molecule has 7 heteroatoms. The van der Waals surface area contributed by atoms with Gasteiger partial charge in [0.05, 0.1) is 5.25 Å². The van der Waals surface area contributed by atoms with E-state index in [1.165, 1.54) is 19.3 Å². The highest BCUT2D eigenvalue weighted by atomic mass is 32.2. The second-order valence-electron chi connectivity index (χ2n) is 2.77. The summed E-state index contributed by atoms with van der Waals surface area (Å²) in [5, 5.41) is -0.661. The molecule has 78 valence electrons. The maximum atomic E-state index is 11.5. The van der Waals surface area contributed by atoms with E-state index < -0.39 is 15.3 Å². The molecule has 0 aromatic carbocycles. The monoisotopic (exact) mass is 216 g/mol. The summed E-state index contributed by atoms with van der Waals surface area (Å²) in [4.78, 5) is 7.48. The topological polar surface area (TPSA) is 98.0 Å². The molecule has 0 radical (unpaired) electrons. The van der Waals surface area contributed by atoms with Gasteiger partial charge in [0.15, 0.2) is 0 Å². The Morgan fingerprint density at radius 2 is 2.07 bits per heavy atom. The molecule has 3 N–H and O–H groups in total. The fourth-order valence-electron chi connectivity index (χ4n) is 0.706. The van der Waals surface area contributed by atoms with E-state index in [0.717, 1.165) is 0 Å². The molecular formula is C7H12N4O2S. The van der Waals surface area contributed by atoms with Crippen LogP contribution in [-0.2, 0) is 10.0 Å². The minimum Gasteiger partial charge on any atom is -0.329 e. The SMILES string of the molecule is CC(CN)S(=O)(=O)Nc1ncccn1. The minimum absolute atomic E-state index is 0.0577. The Labute approximate surface area is 82.6 Å². The Morgan fingerprint density at radius 3 is 2.57 bits per heavy atom. The second kappa shape index (κ2) is 4.34. The second-order valence-corrected chi connectivity index (χ2v) is 4.86. The van der Waals surface area contributed by atoms with Crippen molar-refractivity contribution in [2.75, 3.05) is 11.3 Å². The lowest BCUT2D eigenvalue weighted by Crippen LogP contribution is -2.32. The summed E-state index contributed by atoms with van der Waals surface area (Å²) in [6, 6.07) is 1.60. The maximum Gasteiger partial charge on any atom is 0.238 e. The molecule has 0 aliphatic heterocycles. The summed E-state index contributed by atoms with van der Waals surface area (Å²) in [6.07, 6.45) is 2.91. The number of nitrogens with two attached hydrogens (primary N) is 1. The molecule has 0 aliphatic carbocycles. The molecule has 1 aromatic rings. The van der Waals surface area contributed by atoms with Gasteiger partial charge in [-0.2, -0.15) is 0 Å². The van der Waals surface area contributed by atoms with E-state index in [1.54, 1.807) is 6.07 Å². The van der Waals surface area contributed by atoms with E-state index >= 15 is 0 Å². The molecule has 14 heavy (non-hydrogen) atoms. The van der Waals surface area contributed by atoms with Crippen molar-refractivity contribution in [2.45, 2.75) is 12.2 Å². The largest absolute Gasteiger partial charge is 0.329 e. The number of rotatable bonds is 4. The van der Waals surface area contributed by atoms with E-state index in [9.17, 15) is 8.42 Å². The summed E-state index contributed by atoms with van der Waals surface area (Å²) >= 11 is 0. The third-order valence-electron chi connectivity index (χ3n) is 1.66. The molecule has 1 atom stereocenters. The molecule has 1 heterocycles. The van der Waals surface area contributed by atoms with Crippen LogP contribution in [0.4, 0.5) is 5.95 Å². The van der Waals surface area contributed by atoms with Crippen LogP contribution in [0, 0.1) is 0 Å². The lowest BCUT2D eigenvalue weighted by Gasteiger charge is -2.10. The maximum absolute atomic E-state index is 11.5. The first-order valence-corrected chi connectivity index (χ1v) is 5.59. The van der Waals surface area contributed by atoms with E-state index in [2.05, 4.69) is 14.7 Å². The highest BCUT2D eigenvalue weighted by Crippen LogP contribution is 2.04. The minimum atomic E-state index is -3.46. The van der Waals surface area contributed by atoms with Crippen molar-refractivity contribution in [1.29, 1.82) is 0 Å². The van der Waals surface area contributed by atoms with E-state index in [-0.39, 0.29) is 12.5 Å². The molecule has 0 amide bonds. The van der Waals surface area contributed by atoms with Gasteiger partial charge in [0.2, 0.25) is 16.0 Å². The fourth-order valence-corrected chi connectivity index (χ4v) is 1.52. The summed E-state index contributed by atoms with van der Waals surface area (Å²) in [5.74, 6) is 0.0628. The highest BCUT2D eigenvalue weighted by molar-refractivity contribution is 7.93. The van der Waals surface area contributed by atoms with Crippen molar-refractivity contribution < 1.29 is 8.42 Å². The summed E-state index contributed by atoms with van der Waals surface area (Å²) < 4.78 is 25.2. The number of sulfonamides is 1. The van der Waals surface area contributed by atoms with Gasteiger partial charge in [0.1, 0.15) is 0 Å². The van der Waals surface area contributed by atoms with Crippen LogP contribution in [-0.4, -0.2) is 30.2 Å². The molecule has 0 bridgehead atoms. The Hall–Kier alpha value is -1.21. The van der Waals surface area contributed by atoms with Gasteiger partial charge in [0.25, 0.3) is 0 Å². The predicted octanol–water partition coefficient (Wildman–Crippen LogP) is -0.434. The van der Waals surface area contributed by atoms with Gasteiger partial charge in [-0.1, -0.05) is 0 Å². The van der Waals surface area contributed by atoms with Crippen LogP contribution in [0.25, 0.3) is 0 Å². The Kier molecular flexibility index (Phi) is 3.37. The zero-order valence-electron chi connectivity index (χ0n) is 7.71. The van der Waals surface area contributed by atoms with Crippen LogP contribution in [0.2, 0.25) is 0 Å².